The second kappa shape index (κ2) is 7.17. The third kappa shape index (κ3) is 4.59. The van der Waals surface area contributed by atoms with Crippen molar-refractivity contribution >= 4 is 36.0 Å². The average molecular weight is 454 g/mol. The van der Waals surface area contributed by atoms with Crippen LogP contribution >= 0.6 is 0 Å². The van der Waals surface area contributed by atoms with Gasteiger partial charge in [-0.25, -0.2) is 0 Å². The highest BCUT2D eigenvalue weighted by atomic mass is 32.2. The third-order valence-corrected chi connectivity index (χ3v) is 8.03. The summed E-state index contributed by atoms with van der Waals surface area (Å²) < 4.78 is 84.1. The first-order chi connectivity index (χ1) is 12.8. The summed E-state index contributed by atoms with van der Waals surface area (Å²) in [6.07, 6.45) is 0. The number of methoxy groups -OCH3 is 1. The van der Waals surface area contributed by atoms with Gasteiger partial charge in [0.2, 0.25) is 0 Å². The topological polar surface area (TPSA) is 71.1 Å². The fourth-order valence-corrected chi connectivity index (χ4v) is 5.17. The predicted octanol–water partition coefficient (Wildman–Crippen LogP) is 2.77. The Morgan fingerprint density at radius 2 is 1.45 bits per heavy atom. The van der Waals surface area contributed by atoms with Gasteiger partial charge in [0.05, 0.1) is 26.4 Å². The summed E-state index contributed by atoms with van der Waals surface area (Å²) in [7, 11) is -7.82. The fraction of sp³-hybridized carbons (Fsp3) is 0.647. The van der Waals surface area contributed by atoms with Crippen molar-refractivity contribution in [3.05, 3.63) is 12.1 Å². The molecule has 6 nitrogen and oxygen atoms in total. The van der Waals surface area contributed by atoms with Crippen LogP contribution in [0.25, 0.3) is 0 Å². The van der Waals surface area contributed by atoms with Crippen LogP contribution in [-0.4, -0.2) is 47.4 Å². The van der Waals surface area contributed by atoms with E-state index < -0.39 is 47.8 Å². The van der Waals surface area contributed by atoms with E-state index in [4.69, 9.17) is 14.0 Å². The van der Waals surface area contributed by atoms with Gasteiger partial charge in [-0.15, -0.1) is 0 Å². The lowest BCUT2D eigenvalue weighted by Crippen LogP contribution is -2.44. The van der Waals surface area contributed by atoms with Crippen molar-refractivity contribution in [3.8, 4) is 11.5 Å². The van der Waals surface area contributed by atoms with Crippen LogP contribution in [0.2, 0.25) is 19.6 Å². The summed E-state index contributed by atoms with van der Waals surface area (Å²) in [5.74, 6) is -0.200. The average Bonchev–Trinajstić information content (AvgIpc) is 2.71. The van der Waals surface area contributed by atoms with E-state index in [1.807, 2.05) is 47.3 Å². The van der Waals surface area contributed by atoms with Crippen LogP contribution in [0, 0.1) is 0 Å². The maximum absolute atomic E-state index is 13.0. The molecule has 0 radical (unpaired) electrons. The lowest BCUT2D eigenvalue weighted by atomic mass is 9.79. The zero-order chi connectivity index (χ0) is 22.6. The highest BCUT2D eigenvalue weighted by Crippen LogP contribution is 2.37. The molecule has 0 aromatic heterocycles. The van der Waals surface area contributed by atoms with Gasteiger partial charge >= 0.3 is 22.7 Å². The fourth-order valence-electron chi connectivity index (χ4n) is 2.86. The van der Waals surface area contributed by atoms with Crippen molar-refractivity contribution in [1.29, 1.82) is 0 Å². The molecule has 1 heterocycles. The van der Waals surface area contributed by atoms with Gasteiger partial charge in [-0.05, 0) is 45.3 Å². The smallest absolute Gasteiger partial charge is 0.497 e. The summed E-state index contributed by atoms with van der Waals surface area (Å²) in [5.41, 5.74) is -6.64. The molecule has 1 aromatic rings. The van der Waals surface area contributed by atoms with E-state index in [1.54, 1.807) is 6.07 Å². The van der Waals surface area contributed by atoms with E-state index >= 15 is 0 Å². The quantitative estimate of drug-likeness (QED) is 0.387. The van der Waals surface area contributed by atoms with Crippen LogP contribution in [0.3, 0.4) is 0 Å². The van der Waals surface area contributed by atoms with Gasteiger partial charge in [0, 0.05) is 5.19 Å². The van der Waals surface area contributed by atoms with Gasteiger partial charge in [-0.1, -0.05) is 19.6 Å². The minimum Gasteiger partial charge on any atom is -0.497 e. The molecule has 0 atom stereocenters. The van der Waals surface area contributed by atoms with E-state index in [-0.39, 0.29) is 5.75 Å². The van der Waals surface area contributed by atoms with Gasteiger partial charge < -0.3 is 18.2 Å². The molecule has 1 aliphatic rings. The highest BCUT2D eigenvalue weighted by Gasteiger charge is 2.53. The molecule has 0 unspecified atom stereocenters. The molecule has 0 spiro atoms. The molecule has 12 heteroatoms. The van der Waals surface area contributed by atoms with Crippen LogP contribution in [0.4, 0.5) is 13.2 Å². The second-order valence-corrected chi connectivity index (χ2v) is 15.5. The number of benzene rings is 1. The van der Waals surface area contributed by atoms with Gasteiger partial charge in [-0.2, -0.15) is 21.6 Å². The van der Waals surface area contributed by atoms with Crippen LogP contribution in [0.1, 0.15) is 27.7 Å². The number of hydrogen-bond donors (Lipinski definition) is 0. The molecule has 0 saturated carbocycles. The van der Waals surface area contributed by atoms with Gasteiger partial charge in [0.15, 0.2) is 0 Å². The molecule has 0 aliphatic carbocycles. The Balaban J connectivity index is 2.66. The maximum atomic E-state index is 13.0. The predicted molar refractivity (Wildman–Crippen MR) is 107 cm³/mol. The first-order valence-corrected chi connectivity index (χ1v) is 13.8. The molecule has 29 heavy (non-hydrogen) atoms. The molecule has 1 fully saturated rings. The van der Waals surface area contributed by atoms with Crippen molar-refractivity contribution in [2.24, 2.45) is 0 Å². The zero-order valence-corrected chi connectivity index (χ0v) is 19.5. The number of hydrogen-bond acceptors (Lipinski definition) is 6. The molecule has 164 valence electrons. The first kappa shape index (κ1) is 24.0. The summed E-state index contributed by atoms with van der Waals surface area (Å²) in [6.45, 7) is 12.8. The Bertz CT molecular complexity index is 878. The minimum atomic E-state index is -5.86. The van der Waals surface area contributed by atoms with Gasteiger partial charge in [-0.3, -0.25) is 0 Å². The number of alkyl halides is 3. The van der Waals surface area contributed by atoms with Gasteiger partial charge in [0.25, 0.3) is 0 Å². The Morgan fingerprint density at radius 1 is 1.00 bits per heavy atom. The van der Waals surface area contributed by atoms with E-state index in [1.165, 1.54) is 13.2 Å². The normalized spacial score (nSPS) is 19.3. The number of ether oxygens (including phenoxy) is 1. The Hall–Kier alpha value is -1.24. The van der Waals surface area contributed by atoms with Crippen molar-refractivity contribution in [2.75, 3.05) is 7.11 Å². The molecule has 2 rings (SSSR count). The third-order valence-electron chi connectivity index (χ3n) is 5.07. The van der Waals surface area contributed by atoms with Crippen LogP contribution in [0.5, 0.6) is 11.5 Å². The monoisotopic (exact) mass is 454 g/mol. The van der Waals surface area contributed by atoms with Crippen molar-refractivity contribution in [2.45, 2.75) is 64.0 Å². The summed E-state index contributed by atoms with van der Waals surface area (Å²) >= 11 is 0. The lowest BCUT2D eigenvalue weighted by molar-refractivity contribution is -0.0499. The lowest BCUT2D eigenvalue weighted by Gasteiger charge is -2.32. The molecule has 0 N–H and O–H groups in total. The van der Waals surface area contributed by atoms with Crippen molar-refractivity contribution < 1.29 is 39.8 Å². The Kier molecular flexibility index (Phi) is 5.94. The minimum absolute atomic E-state index is 0.226. The molecular formula is C17H26BF3O6SSi. The molecular weight excluding hydrogens is 428 g/mol. The maximum Gasteiger partial charge on any atom is 0.534 e. The van der Waals surface area contributed by atoms with E-state index in [9.17, 15) is 21.6 Å². The molecule has 1 saturated heterocycles. The summed E-state index contributed by atoms with van der Waals surface area (Å²) in [5, 5.41) is 0.313. The van der Waals surface area contributed by atoms with Crippen LogP contribution in [-0.2, 0) is 19.4 Å². The van der Waals surface area contributed by atoms with E-state index in [2.05, 4.69) is 4.18 Å². The summed E-state index contributed by atoms with van der Waals surface area (Å²) in [4.78, 5) is 0. The summed E-state index contributed by atoms with van der Waals surface area (Å²) in [6, 6.07) is 2.81. The van der Waals surface area contributed by atoms with E-state index in [0.29, 0.717) is 10.6 Å². The Morgan fingerprint density at radius 3 is 1.83 bits per heavy atom. The Labute approximate surface area is 170 Å². The van der Waals surface area contributed by atoms with Gasteiger partial charge in [0.1, 0.15) is 11.5 Å². The molecule has 0 amide bonds. The second-order valence-electron chi connectivity index (χ2n) is 8.92. The molecule has 1 aliphatic heterocycles. The van der Waals surface area contributed by atoms with Crippen molar-refractivity contribution in [1.82, 2.24) is 0 Å². The van der Waals surface area contributed by atoms with Crippen LogP contribution < -0.4 is 19.6 Å². The molecule has 1 aromatic carbocycles. The first-order valence-electron chi connectivity index (χ1n) is 8.91. The zero-order valence-electron chi connectivity index (χ0n) is 17.7. The molecule has 0 bridgehead atoms. The standard InChI is InChI=1S/C17H26BF3O6SSi/c1-15(2)16(3,4)27-18(26-15)11-9-12(24-5)14(29(6,7)8)13(10-11)25-28(22,23)17(19,20)21/h9-10H,1-8H3. The largest absolute Gasteiger partial charge is 0.534 e. The van der Waals surface area contributed by atoms with Crippen molar-refractivity contribution in [3.63, 3.8) is 0 Å². The SMILES string of the molecule is COc1cc(B2OC(C)(C)C(C)(C)O2)cc(OS(=O)(=O)C(F)(F)F)c1[Si](C)(C)C. The number of rotatable bonds is 5. The number of halogens is 3. The van der Waals surface area contributed by atoms with Crippen LogP contribution in [0.15, 0.2) is 12.1 Å². The van der Waals surface area contributed by atoms with E-state index in [0.717, 1.165) is 0 Å². The highest BCUT2D eigenvalue weighted by molar-refractivity contribution is 7.88.